The van der Waals surface area contributed by atoms with Crippen molar-refractivity contribution in [3.63, 3.8) is 0 Å². The van der Waals surface area contributed by atoms with E-state index in [0.29, 0.717) is 5.39 Å². The highest BCUT2D eigenvalue weighted by atomic mass is 16.4. The lowest BCUT2D eigenvalue weighted by Crippen LogP contribution is -2.00. The molecule has 3 nitrogen and oxygen atoms in total. The Hall–Kier alpha value is -2.68. The Morgan fingerprint density at radius 1 is 1.00 bits per heavy atom. The van der Waals surface area contributed by atoms with E-state index in [1.165, 1.54) is 6.20 Å². The summed E-state index contributed by atoms with van der Waals surface area (Å²) in [4.78, 5) is 15.7. The number of carboxylic acid groups (broad SMARTS) is 1. The van der Waals surface area contributed by atoms with Crippen molar-refractivity contribution >= 4 is 16.7 Å². The topological polar surface area (TPSA) is 50.2 Å². The Morgan fingerprint density at radius 3 is 2.35 bits per heavy atom. The van der Waals surface area contributed by atoms with Crippen molar-refractivity contribution in [3.8, 4) is 11.3 Å². The van der Waals surface area contributed by atoms with Crippen LogP contribution in [0.5, 0.6) is 0 Å². The number of carboxylic acids is 1. The Kier molecular flexibility index (Phi) is 2.95. The number of rotatable bonds is 2. The predicted molar refractivity (Wildman–Crippen MR) is 78.9 cm³/mol. The number of hydrogen-bond acceptors (Lipinski definition) is 2. The van der Waals surface area contributed by atoms with Gasteiger partial charge in [0.25, 0.3) is 0 Å². The number of pyridine rings is 1. The monoisotopic (exact) mass is 263 g/mol. The number of aromatic nitrogens is 1. The van der Waals surface area contributed by atoms with E-state index in [0.717, 1.165) is 22.2 Å². The molecule has 0 aliphatic rings. The molecular formula is C17H13NO2. The number of nitrogens with zero attached hydrogens (tertiary/aromatic N) is 1. The molecule has 0 amide bonds. The molecule has 0 aliphatic heterocycles. The molecule has 0 radical (unpaired) electrons. The number of aryl methyl sites for hydroxylation is 1. The first-order valence-corrected chi connectivity index (χ1v) is 6.35. The van der Waals surface area contributed by atoms with Crippen molar-refractivity contribution in [1.82, 2.24) is 4.98 Å². The second-order valence-electron chi connectivity index (χ2n) is 4.69. The van der Waals surface area contributed by atoms with E-state index < -0.39 is 5.97 Å². The van der Waals surface area contributed by atoms with Gasteiger partial charge in [-0.1, -0.05) is 48.5 Å². The van der Waals surface area contributed by atoms with Gasteiger partial charge in [0.15, 0.2) is 0 Å². The summed E-state index contributed by atoms with van der Waals surface area (Å²) in [6.45, 7) is 2.02. The van der Waals surface area contributed by atoms with Crippen molar-refractivity contribution in [1.29, 1.82) is 0 Å². The quantitative estimate of drug-likeness (QED) is 0.762. The van der Waals surface area contributed by atoms with Crippen LogP contribution in [0.15, 0.2) is 54.7 Å². The number of aromatic carboxylic acids is 1. The third-order valence-corrected chi connectivity index (χ3v) is 3.43. The van der Waals surface area contributed by atoms with Crippen LogP contribution < -0.4 is 0 Å². The van der Waals surface area contributed by atoms with Crippen molar-refractivity contribution < 1.29 is 9.90 Å². The second-order valence-corrected chi connectivity index (χ2v) is 4.69. The zero-order valence-corrected chi connectivity index (χ0v) is 11.0. The lowest BCUT2D eigenvalue weighted by atomic mass is 9.98. The molecule has 0 atom stereocenters. The van der Waals surface area contributed by atoms with Crippen LogP contribution in [0.25, 0.3) is 22.0 Å². The van der Waals surface area contributed by atoms with Crippen LogP contribution in [0.1, 0.15) is 15.9 Å². The zero-order valence-electron chi connectivity index (χ0n) is 11.0. The summed E-state index contributed by atoms with van der Waals surface area (Å²) in [5.41, 5.74) is 3.20. The van der Waals surface area contributed by atoms with Gasteiger partial charge in [-0.2, -0.15) is 0 Å². The third kappa shape index (κ3) is 1.93. The van der Waals surface area contributed by atoms with Crippen LogP contribution in [0.3, 0.4) is 0 Å². The Balaban J connectivity index is 2.37. The van der Waals surface area contributed by atoms with Gasteiger partial charge in [-0.05, 0) is 17.9 Å². The summed E-state index contributed by atoms with van der Waals surface area (Å²) >= 11 is 0. The normalized spacial score (nSPS) is 10.7. The molecule has 0 spiro atoms. The molecule has 2 aromatic carbocycles. The summed E-state index contributed by atoms with van der Waals surface area (Å²) in [6.07, 6.45) is 1.44. The highest BCUT2D eigenvalue weighted by molar-refractivity contribution is 6.07. The molecule has 3 heteroatoms. The van der Waals surface area contributed by atoms with Crippen molar-refractivity contribution in [2.24, 2.45) is 0 Å². The van der Waals surface area contributed by atoms with E-state index in [-0.39, 0.29) is 5.56 Å². The number of carbonyl (C=O) groups is 1. The van der Waals surface area contributed by atoms with Crippen molar-refractivity contribution in [2.75, 3.05) is 0 Å². The Labute approximate surface area is 116 Å². The molecule has 3 aromatic rings. The summed E-state index contributed by atoms with van der Waals surface area (Å²) < 4.78 is 0. The molecular weight excluding hydrogens is 250 g/mol. The fourth-order valence-electron chi connectivity index (χ4n) is 2.42. The molecule has 0 saturated heterocycles. The molecule has 0 unspecified atom stereocenters. The highest BCUT2D eigenvalue weighted by Gasteiger charge is 2.14. The van der Waals surface area contributed by atoms with Crippen LogP contribution in [-0.2, 0) is 0 Å². The van der Waals surface area contributed by atoms with Crippen LogP contribution in [0.4, 0.5) is 0 Å². The van der Waals surface area contributed by atoms with E-state index in [2.05, 4.69) is 4.98 Å². The summed E-state index contributed by atoms with van der Waals surface area (Å²) in [5.74, 6) is -0.954. The van der Waals surface area contributed by atoms with Gasteiger partial charge < -0.3 is 5.11 Å². The fourth-order valence-corrected chi connectivity index (χ4v) is 2.42. The van der Waals surface area contributed by atoms with Gasteiger partial charge >= 0.3 is 5.97 Å². The van der Waals surface area contributed by atoms with Gasteiger partial charge in [0.2, 0.25) is 0 Å². The van der Waals surface area contributed by atoms with Gasteiger partial charge in [0.05, 0.1) is 11.3 Å². The van der Waals surface area contributed by atoms with E-state index in [1.54, 1.807) is 0 Å². The maximum absolute atomic E-state index is 11.3. The minimum absolute atomic E-state index is 0.234. The minimum Gasteiger partial charge on any atom is -0.478 e. The first-order valence-electron chi connectivity index (χ1n) is 6.35. The fraction of sp³-hybridized carbons (Fsp3) is 0.0588. The van der Waals surface area contributed by atoms with Crippen LogP contribution in [0, 0.1) is 6.92 Å². The molecule has 0 aliphatic carbocycles. The standard InChI is InChI=1S/C17H13NO2/c1-11-6-2-3-7-12(11)16-14-9-5-4-8-13(14)15(10-18-16)17(19)20/h2-10H,1H3,(H,19,20). The van der Waals surface area contributed by atoms with Crippen LogP contribution in [-0.4, -0.2) is 16.1 Å². The van der Waals surface area contributed by atoms with Gasteiger partial charge in [-0.15, -0.1) is 0 Å². The van der Waals surface area contributed by atoms with Gasteiger partial charge in [0, 0.05) is 17.1 Å². The molecule has 0 saturated carbocycles. The molecule has 1 aromatic heterocycles. The van der Waals surface area contributed by atoms with E-state index in [1.807, 2.05) is 55.5 Å². The molecule has 1 N–H and O–H groups in total. The van der Waals surface area contributed by atoms with Gasteiger partial charge in [0.1, 0.15) is 0 Å². The first kappa shape index (κ1) is 12.4. The zero-order chi connectivity index (χ0) is 14.1. The smallest absolute Gasteiger partial charge is 0.337 e. The molecule has 0 fully saturated rings. The molecule has 3 rings (SSSR count). The maximum atomic E-state index is 11.3. The SMILES string of the molecule is Cc1ccccc1-c1ncc(C(=O)O)c2ccccc12. The number of fused-ring (bicyclic) bond motifs is 1. The Morgan fingerprint density at radius 2 is 1.65 bits per heavy atom. The average Bonchev–Trinajstić information content (AvgIpc) is 2.46. The first-order chi connectivity index (χ1) is 9.68. The minimum atomic E-state index is -0.954. The van der Waals surface area contributed by atoms with Crippen LogP contribution in [0.2, 0.25) is 0 Å². The van der Waals surface area contributed by atoms with Gasteiger partial charge in [-0.25, -0.2) is 4.79 Å². The van der Waals surface area contributed by atoms with Crippen molar-refractivity contribution in [2.45, 2.75) is 6.92 Å². The maximum Gasteiger partial charge on any atom is 0.337 e. The largest absolute Gasteiger partial charge is 0.478 e. The molecule has 0 bridgehead atoms. The van der Waals surface area contributed by atoms with E-state index in [9.17, 15) is 9.90 Å². The highest BCUT2D eigenvalue weighted by Crippen LogP contribution is 2.30. The number of benzene rings is 2. The van der Waals surface area contributed by atoms with E-state index in [4.69, 9.17) is 0 Å². The molecule has 20 heavy (non-hydrogen) atoms. The van der Waals surface area contributed by atoms with Gasteiger partial charge in [-0.3, -0.25) is 4.98 Å². The lowest BCUT2D eigenvalue weighted by Gasteiger charge is -2.10. The lowest BCUT2D eigenvalue weighted by molar-refractivity contribution is 0.0698. The summed E-state index contributed by atoms with van der Waals surface area (Å²) in [5, 5.41) is 10.8. The summed E-state index contributed by atoms with van der Waals surface area (Å²) in [6, 6.07) is 15.4. The average molecular weight is 263 g/mol. The second kappa shape index (κ2) is 4.78. The van der Waals surface area contributed by atoms with Crippen molar-refractivity contribution in [3.05, 3.63) is 65.9 Å². The van der Waals surface area contributed by atoms with Crippen LogP contribution >= 0.6 is 0 Å². The summed E-state index contributed by atoms with van der Waals surface area (Å²) in [7, 11) is 0. The third-order valence-electron chi connectivity index (χ3n) is 3.43. The molecule has 98 valence electrons. The Bertz CT molecular complexity index is 809. The number of hydrogen-bond donors (Lipinski definition) is 1. The van der Waals surface area contributed by atoms with E-state index >= 15 is 0 Å². The predicted octanol–water partition coefficient (Wildman–Crippen LogP) is 3.91. The molecule has 1 heterocycles.